The largest absolute Gasteiger partial charge is 0.463 e. The molecule has 0 rings (SSSR count). The molecule has 208 valence electrons. The summed E-state index contributed by atoms with van der Waals surface area (Å²) in [5, 5.41) is 0. The summed E-state index contributed by atoms with van der Waals surface area (Å²) in [5.74, 6) is -0.141. The van der Waals surface area contributed by atoms with Crippen LogP contribution in [0, 0.1) is 0 Å². The number of unbranched alkanes of at least 4 members (excludes halogenated alkanes) is 12. The summed E-state index contributed by atoms with van der Waals surface area (Å²) in [6.45, 7) is 10.1. The molecule has 0 saturated heterocycles. The zero-order valence-corrected chi connectivity index (χ0v) is 23.5. The number of amides is 1. The van der Waals surface area contributed by atoms with Gasteiger partial charge < -0.3 is 23.8 Å². The summed E-state index contributed by atoms with van der Waals surface area (Å²) in [4.78, 5) is 25.1. The van der Waals surface area contributed by atoms with E-state index in [1.807, 2.05) is 20.8 Å². The van der Waals surface area contributed by atoms with Gasteiger partial charge in [-0.3, -0.25) is 4.79 Å². The van der Waals surface area contributed by atoms with Crippen molar-refractivity contribution < 1.29 is 28.5 Å². The molecule has 0 aromatic heterocycles. The fraction of sp³-hybridized carbons (Fsp3) is 0.929. The molecule has 0 spiro atoms. The molecule has 7 heteroatoms. The van der Waals surface area contributed by atoms with E-state index in [1.54, 1.807) is 7.05 Å². The second kappa shape index (κ2) is 23.1. The predicted molar refractivity (Wildman–Crippen MR) is 142 cm³/mol. The lowest BCUT2D eigenvalue weighted by Crippen LogP contribution is -2.36. The topological polar surface area (TPSA) is 74.3 Å². The van der Waals surface area contributed by atoms with Gasteiger partial charge in [0.15, 0.2) is 0 Å². The van der Waals surface area contributed by atoms with E-state index in [9.17, 15) is 9.59 Å². The second-order valence-electron chi connectivity index (χ2n) is 10.3. The molecule has 35 heavy (non-hydrogen) atoms. The zero-order valence-electron chi connectivity index (χ0n) is 23.5. The first-order valence-corrected chi connectivity index (χ1v) is 14.0. The standard InChI is InChI=1S/C28H55NO6/c1-6-7-8-9-10-11-12-13-14-15-16-17-18-19-26(30)34-25-24-33-23-22-32-21-20-29(5)27(31)35-28(2,3)4/h6-25H2,1-5H3. The minimum absolute atomic E-state index is 0.141. The Morgan fingerprint density at radius 2 is 1.11 bits per heavy atom. The number of hydrogen-bond acceptors (Lipinski definition) is 6. The van der Waals surface area contributed by atoms with E-state index in [4.69, 9.17) is 18.9 Å². The molecule has 0 aliphatic rings. The normalized spacial score (nSPS) is 11.5. The van der Waals surface area contributed by atoms with Gasteiger partial charge in [0.1, 0.15) is 12.2 Å². The van der Waals surface area contributed by atoms with Crippen molar-refractivity contribution in [2.45, 2.75) is 123 Å². The highest BCUT2D eigenvalue weighted by Crippen LogP contribution is 2.13. The third-order valence-electron chi connectivity index (χ3n) is 5.62. The van der Waals surface area contributed by atoms with Crippen LogP contribution in [0.25, 0.3) is 0 Å². The van der Waals surface area contributed by atoms with E-state index in [0.717, 1.165) is 12.8 Å². The highest BCUT2D eigenvalue weighted by molar-refractivity contribution is 5.69. The van der Waals surface area contributed by atoms with Gasteiger partial charge in [0.05, 0.1) is 26.4 Å². The molecule has 0 aromatic carbocycles. The highest BCUT2D eigenvalue weighted by Gasteiger charge is 2.19. The minimum Gasteiger partial charge on any atom is -0.463 e. The molecular weight excluding hydrogens is 446 g/mol. The van der Waals surface area contributed by atoms with Crippen LogP contribution in [0.3, 0.4) is 0 Å². The molecule has 0 fully saturated rings. The maximum atomic E-state index is 11.8. The van der Waals surface area contributed by atoms with Crippen LogP contribution in [0.5, 0.6) is 0 Å². The van der Waals surface area contributed by atoms with Crippen LogP contribution in [-0.2, 0) is 23.7 Å². The molecule has 0 aromatic rings. The van der Waals surface area contributed by atoms with Crippen molar-refractivity contribution in [1.29, 1.82) is 0 Å². The number of carbonyl (C=O) groups excluding carboxylic acids is 2. The van der Waals surface area contributed by atoms with Gasteiger partial charge in [-0.2, -0.15) is 0 Å². The third kappa shape index (κ3) is 25.6. The second-order valence-corrected chi connectivity index (χ2v) is 10.3. The first-order valence-electron chi connectivity index (χ1n) is 14.0. The fourth-order valence-corrected chi connectivity index (χ4v) is 3.53. The van der Waals surface area contributed by atoms with E-state index < -0.39 is 5.60 Å². The van der Waals surface area contributed by atoms with Gasteiger partial charge in [-0.15, -0.1) is 0 Å². The highest BCUT2D eigenvalue weighted by atomic mass is 16.6. The molecule has 7 nitrogen and oxygen atoms in total. The Hall–Kier alpha value is -1.34. The van der Waals surface area contributed by atoms with Gasteiger partial charge in [0.2, 0.25) is 0 Å². The molecule has 0 saturated carbocycles. The average molecular weight is 502 g/mol. The number of hydrogen-bond donors (Lipinski definition) is 0. The summed E-state index contributed by atoms with van der Waals surface area (Å²) in [5.41, 5.74) is -0.504. The van der Waals surface area contributed by atoms with Gasteiger partial charge in [0, 0.05) is 20.0 Å². The lowest BCUT2D eigenvalue weighted by atomic mass is 10.0. The Morgan fingerprint density at radius 1 is 0.657 bits per heavy atom. The van der Waals surface area contributed by atoms with Crippen molar-refractivity contribution in [3.8, 4) is 0 Å². The lowest BCUT2D eigenvalue weighted by molar-refractivity contribution is -0.145. The first-order chi connectivity index (χ1) is 16.8. The molecule has 1 amide bonds. The van der Waals surface area contributed by atoms with Crippen LogP contribution in [-0.4, -0.2) is 69.2 Å². The Labute approximate surface area is 215 Å². The molecule has 0 N–H and O–H groups in total. The average Bonchev–Trinajstić information content (AvgIpc) is 2.79. The van der Waals surface area contributed by atoms with Crippen molar-refractivity contribution in [3.63, 3.8) is 0 Å². The van der Waals surface area contributed by atoms with Crippen molar-refractivity contribution >= 4 is 12.1 Å². The van der Waals surface area contributed by atoms with Crippen LogP contribution >= 0.6 is 0 Å². The summed E-state index contributed by atoms with van der Waals surface area (Å²) in [6, 6.07) is 0. The summed E-state index contributed by atoms with van der Waals surface area (Å²) in [6.07, 6.45) is 17.0. The first kappa shape index (κ1) is 33.7. The molecular formula is C28H55NO6. The number of esters is 1. The Bertz CT molecular complexity index is 506. The predicted octanol–water partition coefficient (Wildman–Crippen LogP) is 6.91. The van der Waals surface area contributed by atoms with Crippen molar-refractivity contribution in [3.05, 3.63) is 0 Å². The van der Waals surface area contributed by atoms with E-state index in [0.29, 0.717) is 39.4 Å². The van der Waals surface area contributed by atoms with Crippen LogP contribution < -0.4 is 0 Å². The van der Waals surface area contributed by atoms with Crippen molar-refractivity contribution in [1.82, 2.24) is 4.90 Å². The molecule has 0 aliphatic carbocycles. The SMILES string of the molecule is CCCCCCCCCCCCCCCC(=O)OCCOCCOCCN(C)C(=O)OC(C)(C)C. The quantitative estimate of drug-likeness (QED) is 0.112. The zero-order chi connectivity index (χ0) is 26.2. The number of carbonyl (C=O) groups is 2. The molecule has 0 radical (unpaired) electrons. The number of ether oxygens (including phenoxy) is 4. The third-order valence-corrected chi connectivity index (χ3v) is 5.62. The van der Waals surface area contributed by atoms with Gasteiger partial charge in [-0.05, 0) is 27.2 Å². The van der Waals surface area contributed by atoms with Crippen LogP contribution in [0.15, 0.2) is 0 Å². The maximum absolute atomic E-state index is 11.8. The molecule has 0 unspecified atom stereocenters. The minimum atomic E-state index is -0.504. The lowest BCUT2D eigenvalue weighted by Gasteiger charge is -2.24. The van der Waals surface area contributed by atoms with Gasteiger partial charge >= 0.3 is 12.1 Å². The van der Waals surface area contributed by atoms with E-state index in [-0.39, 0.29) is 18.7 Å². The molecule has 0 aliphatic heterocycles. The van der Waals surface area contributed by atoms with Crippen molar-refractivity contribution in [2.75, 3.05) is 46.6 Å². The molecule has 0 atom stereocenters. The monoisotopic (exact) mass is 501 g/mol. The Kier molecular flexibility index (Phi) is 22.2. The van der Waals surface area contributed by atoms with Gasteiger partial charge in [-0.25, -0.2) is 4.79 Å². The van der Waals surface area contributed by atoms with E-state index in [1.165, 1.54) is 75.5 Å². The number of nitrogens with zero attached hydrogens (tertiary/aromatic N) is 1. The van der Waals surface area contributed by atoms with Gasteiger partial charge in [0.25, 0.3) is 0 Å². The Morgan fingerprint density at radius 3 is 1.63 bits per heavy atom. The van der Waals surface area contributed by atoms with E-state index >= 15 is 0 Å². The smallest absolute Gasteiger partial charge is 0.410 e. The molecule has 0 bridgehead atoms. The number of likely N-dealkylation sites (N-methyl/N-ethyl adjacent to an activating group) is 1. The fourth-order valence-electron chi connectivity index (χ4n) is 3.53. The van der Waals surface area contributed by atoms with Crippen LogP contribution in [0.1, 0.15) is 118 Å². The van der Waals surface area contributed by atoms with Gasteiger partial charge in [-0.1, -0.05) is 84.0 Å². The molecule has 0 heterocycles. The van der Waals surface area contributed by atoms with Crippen LogP contribution in [0.4, 0.5) is 4.79 Å². The summed E-state index contributed by atoms with van der Waals surface area (Å²) >= 11 is 0. The van der Waals surface area contributed by atoms with E-state index in [2.05, 4.69) is 6.92 Å². The number of rotatable bonds is 23. The maximum Gasteiger partial charge on any atom is 0.410 e. The van der Waals surface area contributed by atoms with Crippen molar-refractivity contribution in [2.24, 2.45) is 0 Å². The Balaban J connectivity index is 3.33. The summed E-state index contributed by atoms with van der Waals surface area (Å²) in [7, 11) is 1.68. The van der Waals surface area contributed by atoms with Crippen LogP contribution in [0.2, 0.25) is 0 Å². The summed E-state index contributed by atoms with van der Waals surface area (Å²) < 4.78 is 21.4.